The second-order valence-electron chi connectivity index (χ2n) is 14.1. The highest BCUT2D eigenvalue weighted by atomic mass is 16.5. The van der Waals surface area contributed by atoms with Gasteiger partial charge in [0.2, 0.25) is 0 Å². The molecule has 3 fully saturated rings. The van der Waals surface area contributed by atoms with Gasteiger partial charge in [-0.3, -0.25) is 0 Å². The Balaban J connectivity index is 1.26. The van der Waals surface area contributed by atoms with Crippen molar-refractivity contribution in [3.8, 4) is 5.75 Å². The summed E-state index contributed by atoms with van der Waals surface area (Å²) in [6.07, 6.45) is 18.3. The Labute approximate surface area is 216 Å². The van der Waals surface area contributed by atoms with Crippen molar-refractivity contribution in [1.82, 2.24) is 0 Å². The van der Waals surface area contributed by atoms with Crippen LogP contribution in [0.1, 0.15) is 111 Å². The second-order valence-corrected chi connectivity index (χ2v) is 14.1. The smallest absolute Gasteiger partial charge is 0.119 e. The highest BCUT2D eigenvalue weighted by Gasteiger charge is 2.59. The number of ether oxygens (including phenoxy) is 1. The molecule has 0 radical (unpaired) electrons. The maximum atomic E-state index is 6.47. The summed E-state index contributed by atoms with van der Waals surface area (Å²) in [5.74, 6) is 6.53. The van der Waals surface area contributed by atoms with Crippen LogP contribution in [0.15, 0.2) is 35.9 Å². The first-order valence-corrected chi connectivity index (χ1v) is 15.1. The van der Waals surface area contributed by atoms with Gasteiger partial charge < -0.3 is 4.74 Å². The molecule has 3 saturated carbocycles. The maximum Gasteiger partial charge on any atom is 0.119 e. The molecular weight excluding hydrogens is 424 g/mol. The molecule has 0 aromatic heterocycles. The molecule has 4 aliphatic carbocycles. The minimum atomic E-state index is 0.352. The van der Waals surface area contributed by atoms with Crippen LogP contribution in [0.3, 0.4) is 0 Å². The molecule has 1 aromatic rings. The fourth-order valence-electron chi connectivity index (χ4n) is 9.56. The zero-order chi connectivity index (χ0) is 24.8. The maximum absolute atomic E-state index is 6.47. The van der Waals surface area contributed by atoms with Gasteiger partial charge in [0.25, 0.3) is 0 Å². The van der Waals surface area contributed by atoms with Crippen molar-refractivity contribution in [3.05, 3.63) is 41.5 Å². The van der Waals surface area contributed by atoms with Gasteiger partial charge in [0.1, 0.15) is 11.9 Å². The number of allylic oxidation sites excluding steroid dienone is 1. The van der Waals surface area contributed by atoms with Crippen molar-refractivity contribution < 1.29 is 4.74 Å². The molecule has 194 valence electrons. The lowest BCUT2D eigenvalue weighted by Crippen LogP contribution is -2.51. The summed E-state index contributed by atoms with van der Waals surface area (Å²) in [5, 5.41) is 0. The van der Waals surface area contributed by atoms with E-state index in [1.165, 1.54) is 69.8 Å². The Morgan fingerprint density at radius 2 is 1.69 bits per heavy atom. The van der Waals surface area contributed by atoms with E-state index in [0.717, 1.165) is 47.7 Å². The molecule has 0 unspecified atom stereocenters. The zero-order valence-corrected chi connectivity index (χ0v) is 23.6. The predicted octanol–water partition coefficient (Wildman–Crippen LogP) is 9.78. The summed E-state index contributed by atoms with van der Waals surface area (Å²) >= 11 is 0. The molecular formula is C34H52O. The third-order valence-corrected chi connectivity index (χ3v) is 11.6. The number of aryl methyl sites for hydroxylation is 1. The van der Waals surface area contributed by atoms with E-state index in [1.54, 1.807) is 5.57 Å². The first kappa shape index (κ1) is 25.4. The van der Waals surface area contributed by atoms with Gasteiger partial charge in [-0.25, -0.2) is 0 Å². The zero-order valence-electron chi connectivity index (χ0n) is 23.6. The van der Waals surface area contributed by atoms with Crippen LogP contribution in [0.5, 0.6) is 5.75 Å². The summed E-state index contributed by atoms with van der Waals surface area (Å²) in [5.41, 5.74) is 4.05. The highest BCUT2D eigenvalue weighted by Crippen LogP contribution is 2.67. The van der Waals surface area contributed by atoms with Gasteiger partial charge in [-0.1, -0.05) is 83.2 Å². The molecule has 8 atom stereocenters. The summed E-state index contributed by atoms with van der Waals surface area (Å²) in [4.78, 5) is 0. The fourth-order valence-corrected chi connectivity index (χ4v) is 9.56. The quantitative estimate of drug-likeness (QED) is 0.356. The Morgan fingerprint density at radius 1 is 0.914 bits per heavy atom. The lowest BCUT2D eigenvalue weighted by atomic mass is 9.47. The summed E-state index contributed by atoms with van der Waals surface area (Å²) in [6, 6.07) is 8.64. The number of benzene rings is 1. The van der Waals surface area contributed by atoms with Crippen LogP contribution >= 0.6 is 0 Å². The molecule has 0 amide bonds. The van der Waals surface area contributed by atoms with Gasteiger partial charge in [0, 0.05) is 6.42 Å². The van der Waals surface area contributed by atoms with E-state index < -0.39 is 0 Å². The first-order chi connectivity index (χ1) is 16.7. The van der Waals surface area contributed by atoms with Gasteiger partial charge in [0.15, 0.2) is 0 Å². The molecule has 4 aliphatic rings. The van der Waals surface area contributed by atoms with Gasteiger partial charge >= 0.3 is 0 Å². The molecule has 35 heavy (non-hydrogen) atoms. The Bertz CT molecular complexity index is 896. The number of hydrogen-bond acceptors (Lipinski definition) is 1. The van der Waals surface area contributed by atoms with Crippen LogP contribution in [0.25, 0.3) is 0 Å². The predicted molar refractivity (Wildman–Crippen MR) is 149 cm³/mol. The third kappa shape index (κ3) is 4.75. The molecule has 0 heterocycles. The molecule has 0 spiro atoms. The molecule has 5 rings (SSSR count). The van der Waals surface area contributed by atoms with E-state index in [2.05, 4.69) is 71.9 Å². The number of fused-ring (bicyclic) bond motifs is 5. The lowest BCUT2D eigenvalue weighted by molar-refractivity contribution is -0.0559. The largest absolute Gasteiger partial charge is 0.490 e. The molecule has 0 N–H and O–H groups in total. The normalized spacial score (nSPS) is 39.4. The van der Waals surface area contributed by atoms with Crippen molar-refractivity contribution >= 4 is 0 Å². The number of hydrogen-bond donors (Lipinski definition) is 0. The molecule has 1 heteroatoms. The average Bonchev–Trinajstić information content (AvgIpc) is 3.18. The molecule has 1 aromatic carbocycles. The minimum Gasteiger partial charge on any atom is -0.490 e. The van der Waals surface area contributed by atoms with Crippen molar-refractivity contribution in [2.75, 3.05) is 0 Å². The van der Waals surface area contributed by atoms with Gasteiger partial charge in [-0.05, 0) is 110 Å². The van der Waals surface area contributed by atoms with Crippen LogP contribution in [0.2, 0.25) is 0 Å². The van der Waals surface area contributed by atoms with Crippen molar-refractivity contribution in [2.45, 2.75) is 118 Å². The molecule has 0 aliphatic heterocycles. The van der Waals surface area contributed by atoms with E-state index in [0.29, 0.717) is 16.9 Å². The second kappa shape index (κ2) is 9.90. The topological polar surface area (TPSA) is 9.23 Å². The average molecular weight is 477 g/mol. The van der Waals surface area contributed by atoms with Crippen molar-refractivity contribution in [2.24, 2.45) is 46.3 Å². The van der Waals surface area contributed by atoms with Crippen LogP contribution in [0.4, 0.5) is 0 Å². The van der Waals surface area contributed by atoms with Crippen molar-refractivity contribution in [1.29, 1.82) is 0 Å². The fraction of sp³-hybridized carbons (Fsp3) is 0.765. The molecule has 1 nitrogen and oxygen atoms in total. The van der Waals surface area contributed by atoms with Crippen LogP contribution in [-0.4, -0.2) is 6.10 Å². The van der Waals surface area contributed by atoms with E-state index in [1.807, 2.05) is 0 Å². The van der Waals surface area contributed by atoms with Crippen LogP contribution in [-0.2, 0) is 0 Å². The Morgan fingerprint density at radius 3 is 2.43 bits per heavy atom. The first-order valence-electron chi connectivity index (χ1n) is 15.1. The minimum absolute atomic E-state index is 0.352. The summed E-state index contributed by atoms with van der Waals surface area (Å²) in [7, 11) is 0. The van der Waals surface area contributed by atoms with E-state index in [9.17, 15) is 0 Å². The van der Waals surface area contributed by atoms with Gasteiger partial charge in [0.05, 0.1) is 0 Å². The Kier molecular flexibility index (Phi) is 7.19. The van der Waals surface area contributed by atoms with E-state index in [4.69, 9.17) is 4.74 Å². The molecule has 0 bridgehead atoms. The van der Waals surface area contributed by atoms with Gasteiger partial charge in [-0.2, -0.15) is 0 Å². The highest BCUT2D eigenvalue weighted by molar-refractivity contribution is 5.29. The van der Waals surface area contributed by atoms with Crippen LogP contribution in [0, 0.1) is 53.3 Å². The third-order valence-electron chi connectivity index (χ3n) is 11.6. The lowest BCUT2D eigenvalue weighted by Gasteiger charge is -2.58. The molecule has 0 saturated heterocycles. The standard InChI is InChI=1S/C34H52O/c1-23(2)8-7-9-25(4)30-16-17-31-29-15-12-26-22-28(35-27-13-10-24(3)11-14-27)18-20-33(26,5)32(29)19-21-34(30,31)6/h10-14,23,25,28-32H,7-9,15-22H2,1-6H3/t25-,28+,29+,30-,31+,32+,33+,34-/m1/s1. The van der Waals surface area contributed by atoms with Crippen molar-refractivity contribution in [3.63, 3.8) is 0 Å². The van der Waals surface area contributed by atoms with Gasteiger partial charge in [-0.15, -0.1) is 0 Å². The SMILES string of the molecule is Cc1ccc(O[C@H]2CC[C@@]3(C)C(=CC[C@H]4[C@@H]5CC[C@H]([C@H](C)CCCC(C)C)[C@@]5(C)CC[C@@H]43)C2)cc1. The monoisotopic (exact) mass is 476 g/mol. The van der Waals surface area contributed by atoms with E-state index >= 15 is 0 Å². The summed E-state index contributed by atoms with van der Waals surface area (Å²) in [6.45, 7) is 14.9. The Hall–Kier alpha value is -1.24. The van der Waals surface area contributed by atoms with E-state index in [-0.39, 0.29) is 0 Å². The summed E-state index contributed by atoms with van der Waals surface area (Å²) < 4.78 is 6.47. The number of rotatable bonds is 7. The van der Waals surface area contributed by atoms with Crippen LogP contribution < -0.4 is 4.74 Å².